The maximum absolute atomic E-state index is 3.87. The lowest BCUT2D eigenvalue weighted by Gasteiger charge is -2.49. The Labute approximate surface area is 122 Å². The Bertz CT molecular complexity index is 209. The quantitative estimate of drug-likeness (QED) is 0.602. The minimum absolute atomic E-state index is 0.273. The Kier molecular flexibility index (Phi) is 9.72. The van der Waals surface area contributed by atoms with Gasteiger partial charge in [-0.3, -0.25) is 4.90 Å². The summed E-state index contributed by atoms with van der Waals surface area (Å²) in [7, 11) is 0. The lowest BCUT2D eigenvalue weighted by atomic mass is 9.77. The van der Waals surface area contributed by atoms with Crippen LogP contribution in [0.4, 0.5) is 0 Å². The van der Waals surface area contributed by atoms with Crippen molar-refractivity contribution in [3.8, 4) is 0 Å². The van der Waals surface area contributed by atoms with Gasteiger partial charge in [0.2, 0.25) is 0 Å². The van der Waals surface area contributed by atoms with Crippen LogP contribution >= 0.6 is 0 Å². The van der Waals surface area contributed by atoms with E-state index < -0.39 is 0 Å². The van der Waals surface area contributed by atoms with Crippen LogP contribution in [0.25, 0.3) is 0 Å². The number of hydrogen-bond donors (Lipinski definition) is 1. The summed E-state index contributed by atoms with van der Waals surface area (Å²) in [5.74, 6) is 0.775. The second-order valence-corrected chi connectivity index (χ2v) is 5.89. The van der Waals surface area contributed by atoms with Gasteiger partial charge in [0.05, 0.1) is 0 Å². The average molecular weight is 271 g/mol. The molecular weight excluding hydrogens is 232 g/mol. The van der Waals surface area contributed by atoms with Gasteiger partial charge in [-0.25, -0.2) is 0 Å². The minimum Gasteiger partial charge on any atom is -0.312 e. The van der Waals surface area contributed by atoms with Crippen LogP contribution in [0.1, 0.15) is 74.1 Å². The molecule has 0 fully saturated rings. The van der Waals surface area contributed by atoms with Crippen molar-refractivity contribution in [2.45, 2.75) is 85.7 Å². The molecular formula is C17H38N2. The second kappa shape index (κ2) is 9.77. The fourth-order valence-corrected chi connectivity index (χ4v) is 3.54. The summed E-state index contributed by atoms with van der Waals surface area (Å²) in [6.07, 6.45) is 4.98. The number of hydrogen-bond acceptors (Lipinski definition) is 2. The average Bonchev–Trinajstić information content (AvgIpc) is 2.44. The monoisotopic (exact) mass is 270 g/mol. The van der Waals surface area contributed by atoms with Gasteiger partial charge in [-0.15, -0.1) is 0 Å². The Morgan fingerprint density at radius 3 is 1.79 bits per heavy atom. The fraction of sp³-hybridized carbons (Fsp3) is 1.00. The van der Waals surface area contributed by atoms with Crippen molar-refractivity contribution in [3.05, 3.63) is 0 Å². The molecule has 0 aliphatic rings. The molecule has 0 spiro atoms. The predicted molar refractivity (Wildman–Crippen MR) is 87.8 cm³/mol. The molecule has 0 amide bonds. The lowest BCUT2D eigenvalue weighted by Crippen LogP contribution is -2.62. The normalized spacial score (nSPS) is 16.9. The summed E-state index contributed by atoms with van der Waals surface area (Å²) < 4.78 is 0. The molecule has 19 heavy (non-hydrogen) atoms. The molecule has 0 radical (unpaired) electrons. The van der Waals surface area contributed by atoms with E-state index in [9.17, 15) is 0 Å². The third-order valence-corrected chi connectivity index (χ3v) is 5.01. The molecule has 0 aromatic carbocycles. The lowest BCUT2D eigenvalue weighted by molar-refractivity contribution is 0.0434. The predicted octanol–water partition coefficient (Wildman–Crippen LogP) is 4.30. The molecule has 0 saturated carbocycles. The molecule has 2 unspecified atom stereocenters. The molecule has 0 rings (SSSR count). The molecule has 0 aliphatic carbocycles. The first-order valence-corrected chi connectivity index (χ1v) is 8.53. The molecule has 2 atom stereocenters. The van der Waals surface area contributed by atoms with Crippen molar-refractivity contribution < 1.29 is 0 Å². The van der Waals surface area contributed by atoms with Crippen molar-refractivity contribution in [2.75, 3.05) is 19.6 Å². The van der Waals surface area contributed by atoms with Crippen LogP contribution in [-0.4, -0.2) is 36.1 Å². The van der Waals surface area contributed by atoms with Gasteiger partial charge in [-0.1, -0.05) is 54.4 Å². The van der Waals surface area contributed by atoms with E-state index in [0.717, 1.165) is 25.6 Å². The van der Waals surface area contributed by atoms with Crippen molar-refractivity contribution in [2.24, 2.45) is 5.92 Å². The largest absolute Gasteiger partial charge is 0.312 e. The fourth-order valence-electron chi connectivity index (χ4n) is 3.54. The molecule has 2 heteroatoms. The van der Waals surface area contributed by atoms with E-state index in [1.165, 1.54) is 25.7 Å². The molecule has 0 saturated heterocycles. The van der Waals surface area contributed by atoms with Crippen LogP contribution in [0.2, 0.25) is 0 Å². The highest BCUT2D eigenvalue weighted by molar-refractivity contribution is 4.98. The molecule has 0 bridgehead atoms. The SMILES string of the molecule is CCCNC(C(CC)CC)C(C)(CC)N(CC)CC. The van der Waals surface area contributed by atoms with Gasteiger partial charge in [-0.05, 0) is 45.3 Å². The van der Waals surface area contributed by atoms with Crippen LogP contribution in [0.3, 0.4) is 0 Å². The van der Waals surface area contributed by atoms with Gasteiger partial charge in [0.25, 0.3) is 0 Å². The van der Waals surface area contributed by atoms with E-state index in [-0.39, 0.29) is 5.54 Å². The van der Waals surface area contributed by atoms with E-state index in [1.807, 2.05) is 0 Å². The third-order valence-electron chi connectivity index (χ3n) is 5.01. The summed E-state index contributed by atoms with van der Waals surface area (Å²) in [5, 5.41) is 3.87. The highest BCUT2D eigenvalue weighted by Gasteiger charge is 2.39. The molecule has 1 N–H and O–H groups in total. The van der Waals surface area contributed by atoms with Crippen molar-refractivity contribution in [1.82, 2.24) is 10.2 Å². The van der Waals surface area contributed by atoms with E-state index in [4.69, 9.17) is 0 Å². The zero-order valence-corrected chi connectivity index (χ0v) is 14.6. The summed E-state index contributed by atoms with van der Waals surface area (Å²) in [6, 6.07) is 0.604. The Balaban J connectivity index is 5.23. The van der Waals surface area contributed by atoms with Gasteiger partial charge in [0, 0.05) is 11.6 Å². The van der Waals surface area contributed by atoms with Gasteiger partial charge in [-0.2, -0.15) is 0 Å². The van der Waals surface area contributed by atoms with E-state index >= 15 is 0 Å². The zero-order chi connectivity index (χ0) is 14.9. The summed E-state index contributed by atoms with van der Waals surface area (Å²) in [6.45, 7) is 19.8. The number of nitrogens with one attached hydrogen (secondary N) is 1. The second-order valence-electron chi connectivity index (χ2n) is 5.89. The molecule has 0 aromatic heterocycles. The first kappa shape index (κ1) is 18.9. The maximum atomic E-state index is 3.87. The van der Waals surface area contributed by atoms with Crippen LogP contribution in [-0.2, 0) is 0 Å². The van der Waals surface area contributed by atoms with E-state index in [2.05, 4.69) is 58.7 Å². The van der Waals surface area contributed by atoms with Gasteiger partial charge >= 0.3 is 0 Å². The summed E-state index contributed by atoms with van der Waals surface area (Å²) in [4.78, 5) is 2.65. The number of likely N-dealkylation sites (N-methyl/N-ethyl adjacent to an activating group) is 1. The Morgan fingerprint density at radius 1 is 0.947 bits per heavy atom. The summed E-state index contributed by atoms with van der Waals surface area (Å²) >= 11 is 0. The molecule has 0 heterocycles. The zero-order valence-electron chi connectivity index (χ0n) is 14.6. The number of rotatable bonds is 11. The van der Waals surface area contributed by atoms with Crippen LogP contribution < -0.4 is 5.32 Å². The van der Waals surface area contributed by atoms with E-state index in [0.29, 0.717) is 6.04 Å². The summed E-state index contributed by atoms with van der Waals surface area (Å²) in [5.41, 5.74) is 0.273. The highest BCUT2D eigenvalue weighted by atomic mass is 15.2. The maximum Gasteiger partial charge on any atom is 0.0334 e. The van der Waals surface area contributed by atoms with Crippen LogP contribution in [0.15, 0.2) is 0 Å². The smallest absolute Gasteiger partial charge is 0.0334 e. The Hall–Kier alpha value is -0.0800. The van der Waals surface area contributed by atoms with Crippen molar-refractivity contribution in [1.29, 1.82) is 0 Å². The molecule has 0 aromatic rings. The van der Waals surface area contributed by atoms with Gasteiger partial charge in [0.15, 0.2) is 0 Å². The highest BCUT2D eigenvalue weighted by Crippen LogP contribution is 2.31. The first-order chi connectivity index (χ1) is 9.05. The van der Waals surface area contributed by atoms with Gasteiger partial charge < -0.3 is 5.32 Å². The van der Waals surface area contributed by atoms with E-state index in [1.54, 1.807) is 0 Å². The van der Waals surface area contributed by atoms with Gasteiger partial charge in [0.1, 0.15) is 0 Å². The minimum atomic E-state index is 0.273. The standard InChI is InChI=1S/C17H38N2/c1-8-14-18-16(15(9-2)10-3)17(7,11-4)19(12-5)13-6/h15-16,18H,8-14H2,1-7H3. The molecule has 2 nitrogen and oxygen atoms in total. The number of nitrogens with zero attached hydrogens (tertiary/aromatic N) is 1. The van der Waals surface area contributed by atoms with Crippen LogP contribution in [0, 0.1) is 5.92 Å². The molecule has 116 valence electrons. The third kappa shape index (κ3) is 4.75. The molecule has 0 aliphatic heterocycles. The van der Waals surface area contributed by atoms with Crippen LogP contribution in [0.5, 0.6) is 0 Å². The first-order valence-electron chi connectivity index (χ1n) is 8.53. The Morgan fingerprint density at radius 2 is 1.47 bits per heavy atom. The van der Waals surface area contributed by atoms with Crippen molar-refractivity contribution in [3.63, 3.8) is 0 Å². The topological polar surface area (TPSA) is 15.3 Å². The van der Waals surface area contributed by atoms with Crippen molar-refractivity contribution >= 4 is 0 Å².